The van der Waals surface area contributed by atoms with E-state index in [2.05, 4.69) is 5.32 Å². The molecule has 0 bridgehead atoms. The number of methoxy groups -OCH3 is 2. The van der Waals surface area contributed by atoms with E-state index in [1.54, 1.807) is 42.5 Å². The first-order valence-electron chi connectivity index (χ1n) is 9.15. The fraction of sp³-hybridized carbons (Fsp3) is 0.286. The van der Waals surface area contributed by atoms with Crippen LogP contribution in [0.4, 0.5) is 11.4 Å². The molecule has 1 aliphatic rings. The van der Waals surface area contributed by atoms with E-state index in [-0.39, 0.29) is 18.9 Å². The van der Waals surface area contributed by atoms with Crippen molar-refractivity contribution in [2.75, 3.05) is 37.6 Å². The van der Waals surface area contributed by atoms with Crippen molar-refractivity contribution in [1.29, 1.82) is 0 Å². The average Bonchev–Trinajstić information content (AvgIpc) is 3.13. The van der Waals surface area contributed by atoms with Gasteiger partial charge < -0.3 is 24.4 Å². The van der Waals surface area contributed by atoms with E-state index in [0.29, 0.717) is 27.9 Å². The Labute approximate surface area is 178 Å². The highest BCUT2D eigenvalue weighted by molar-refractivity contribution is 6.31. The Morgan fingerprint density at radius 3 is 2.70 bits per heavy atom. The maximum absolute atomic E-state index is 12.4. The van der Waals surface area contributed by atoms with Crippen molar-refractivity contribution < 1.29 is 28.6 Å². The molecule has 2 aromatic carbocycles. The Morgan fingerprint density at radius 1 is 1.17 bits per heavy atom. The van der Waals surface area contributed by atoms with E-state index in [4.69, 9.17) is 25.8 Å². The summed E-state index contributed by atoms with van der Waals surface area (Å²) >= 11 is 6.03. The predicted octanol–water partition coefficient (Wildman–Crippen LogP) is 2.89. The molecule has 0 aliphatic carbocycles. The Kier molecular flexibility index (Phi) is 6.79. The minimum Gasteiger partial charge on any atom is -0.497 e. The number of anilines is 2. The van der Waals surface area contributed by atoms with Gasteiger partial charge in [0.2, 0.25) is 5.91 Å². The van der Waals surface area contributed by atoms with Crippen LogP contribution in [0.15, 0.2) is 42.5 Å². The summed E-state index contributed by atoms with van der Waals surface area (Å²) in [5.74, 6) is -0.990. The molecule has 9 heteroatoms. The molecule has 0 unspecified atom stereocenters. The maximum Gasteiger partial charge on any atom is 0.311 e. The van der Waals surface area contributed by atoms with Crippen LogP contribution in [-0.2, 0) is 19.1 Å². The number of nitrogens with one attached hydrogen (secondary N) is 1. The lowest BCUT2D eigenvalue weighted by Gasteiger charge is -2.19. The SMILES string of the molecule is COc1cccc(NC(=O)COC(=O)[C@@H]2CC(=O)N(c3cc(Cl)ccc3OC)C2)c1. The summed E-state index contributed by atoms with van der Waals surface area (Å²) in [6.07, 6.45) is -0.0218. The Morgan fingerprint density at radius 2 is 1.97 bits per heavy atom. The van der Waals surface area contributed by atoms with Gasteiger partial charge in [0.15, 0.2) is 6.61 Å². The fourth-order valence-electron chi connectivity index (χ4n) is 3.12. The third-order valence-electron chi connectivity index (χ3n) is 4.59. The average molecular weight is 433 g/mol. The second-order valence-corrected chi connectivity index (χ2v) is 7.05. The number of amides is 2. The van der Waals surface area contributed by atoms with Gasteiger partial charge in [0, 0.05) is 29.7 Å². The molecule has 1 aliphatic heterocycles. The molecule has 2 amide bonds. The van der Waals surface area contributed by atoms with Gasteiger partial charge in [0.25, 0.3) is 5.91 Å². The van der Waals surface area contributed by atoms with Crippen LogP contribution in [0.1, 0.15) is 6.42 Å². The van der Waals surface area contributed by atoms with Gasteiger partial charge in [0.05, 0.1) is 25.8 Å². The Hall–Kier alpha value is -3.26. The highest BCUT2D eigenvalue weighted by Gasteiger charge is 2.37. The van der Waals surface area contributed by atoms with E-state index >= 15 is 0 Å². The van der Waals surface area contributed by atoms with Crippen molar-refractivity contribution in [2.45, 2.75) is 6.42 Å². The normalized spacial score (nSPS) is 15.6. The number of hydrogen-bond acceptors (Lipinski definition) is 6. The van der Waals surface area contributed by atoms with Crippen molar-refractivity contribution in [3.63, 3.8) is 0 Å². The van der Waals surface area contributed by atoms with Crippen LogP contribution < -0.4 is 19.7 Å². The van der Waals surface area contributed by atoms with E-state index in [0.717, 1.165) is 0 Å². The molecular weight excluding hydrogens is 412 g/mol. The van der Waals surface area contributed by atoms with Gasteiger partial charge in [-0.1, -0.05) is 17.7 Å². The van der Waals surface area contributed by atoms with Crippen molar-refractivity contribution in [2.24, 2.45) is 5.92 Å². The van der Waals surface area contributed by atoms with Gasteiger partial charge >= 0.3 is 5.97 Å². The molecule has 2 aromatic rings. The van der Waals surface area contributed by atoms with Gasteiger partial charge in [-0.05, 0) is 30.3 Å². The lowest BCUT2D eigenvalue weighted by molar-refractivity contribution is -0.151. The molecule has 1 fully saturated rings. The van der Waals surface area contributed by atoms with Crippen molar-refractivity contribution >= 4 is 40.8 Å². The standard InChI is InChI=1S/C21H21ClN2O6/c1-28-16-5-3-4-15(10-16)23-19(25)12-30-21(27)13-8-20(26)24(11-13)17-9-14(22)6-7-18(17)29-2/h3-7,9-10,13H,8,11-12H2,1-2H3,(H,23,25)/t13-/m1/s1. The molecule has 1 N–H and O–H groups in total. The smallest absolute Gasteiger partial charge is 0.311 e. The van der Waals surface area contributed by atoms with Gasteiger partial charge in [0.1, 0.15) is 11.5 Å². The van der Waals surface area contributed by atoms with Crippen molar-refractivity contribution in [3.8, 4) is 11.5 Å². The number of benzene rings is 2. The first kappa shape index (κ1) is 21.4. The van der Waals surface area contributed by atoms with Crippen LogP contribution in [0.3, 0.4) is 0 Å². The number of carbonyl (C=O) groups excluding carboxylic acids is 3. The summed E-state index contributed by atoms with van der Waals surface area (Å²) in [5.41, 5.74) is 1.01. The fourth-order valence-corrected chi connectivity index (χ4v) is 3.29. The van der Waals surface area contributed by atoms with Crippen LogP contribution in [0.25, 0.3) is 0 Å². The number of carbonyl (C=O) groups is 3. The number of esters is 1. The Bertz CT molecular complexity index is 964. The molecule has 1 atom stereocenters. The number of nitrogens with zero attached hydrogens (tertiary/aromatic N) is 1. The molecule has 1 heterocycles. The van der Waals surface area contributed by atoms with Gasteiger partial charge in [-0.3, -0.25) is 14.4 Å². The van der Waals surface area contributed by atoms with Crippen LogP contribution in [0.2, 0.25) is 5.02 Å². The molecular formula is C21H21ClN2O6. The molecule has 8 nitrogen and oxygen atoms in total. The lowest BCUT2D eigenvalue weighted by Crippen LogP contribution is -2.28. The number of hydrogen-bond donors (Lipinski definition) is 1. The highest BCUT2D eigenvalue weighted by Crippen LogP contribution is 2.35. The Balaban J connectivity index is 1.57. The van der Waals surface area contributed by atoms with Gasteiger partial charge in [-0.15, -0.1) is 0 Å². The molecule has 0 aromatic heterocycles. The van der Waals surface area contributed by atoms with E-state index in [1.165, 1.54) is 19.1 Å². The largest absolute Gasteiger partial charge is 0.497 e. The summed E-state index contributed by atoms with van der Waals surface area (Å²) in [6.45, 7) is -0.340. The minimum atomic E-state index is -0.689. The van der Waals surface area contributed by atoms with E-state index in [1.807, 2.05) is 0 Å². The summed E-state index contributed by atoms with van der Waals surface area (Å²) in [6, 6.07) is 11.7. The van der Waals surface area contributed by atoms with Crippen LogP contribution in [0, 0.1) is 5.92 Å². The van der Waals surface area contributed by atoms with E-state index in [9.17, 15) is 14.4 Å². The van der Waals surface area contributed by atoms with Gasteiger partial charge in [-0.2, -0.15) is 0 Å². The number of rotatable bonds is 7. The third-order valence-corrected chi connectivity index (χ3v) is 4.82. The zero-order valence-corrected chi connectivity index (χ0v) is 17.3. The molecule has 1 saturated heterocycles. The van der Waals surface area contributed by atoms with Crippen molar-refractivity contribution in [1.82, 2.24) is 0 Å². The second-order valence-electron chi connectivity index (χ2n) is 6.61. The number of ether oxygens (including phenoxy) is 3. The molecule has 0 spiro atoms. The molecule has 0 radical (unpaired) electrons. The second kappa shape index (κ2) is 9.49. The first-order chi connectivity index (χ1) is 14.4. The zero-order chi connectivity index (χ0) is 21.7. The molecule has 30 heavy (non-hydrogen) atoms. The van der Waals surface area contributed by atoms with E-state index < -0.39 is 24.4 Å². The predicted molar refractivity (Wildman–Crippen MR) is 111 cm³/mol. The summed E-state index contributed by atoms with van der Waals surface area (Å²) in [4.78, 5) is 38.3. The molecule has 3 rings (SSSR count). The topological polar surface area (TPSA) is 94.2 Å². The highest BCUT2D eigenvalue weighted by atomic mass is 35.5. The minimum absolute atomic E-state index is 0.0218. The quantitative estimate of drug-likeness (QED) is 0.676. The maximum atomic E-state index is 12.4. The molecule has 0 saturated carbocycles. The zero-order valence-electron chi connectivity index (χ0n) is 16.5. The lowest BCUT2D eigenvalue weighted by atomic mass is 10.1. The van der Waals surface area contributed by atoms with Crippen LogP contribution in [-0.4, -0.2) is 45.2 Å². The van der Waals surface area contributed by atoms with Gasteiger partial charge in [-0.25, -0.2) is 0 Å². The van der Waals surface area contributed by atoms with Crippen molar-refractivity contribution in [3.05, 3.63) is 47.5 Å². The molecule has 158 valence electrons. The van der Waals surface area contributed by atoms with Crippen LogP contribution in [0.5, 0.6) is 11.5 Å². The third kappa shape index (κ3) is 5.01. The summed E-state index contributed by atoms with van der Waals surface area (Å²) in [7, 11) is 3.01. The monoisotopic (exact) mass is 432 g/mol. The first-order valence-corrected chi connectivity index (χ1v) is 9.53. The summed E-state index contributed by atoms with van der Waals surface area (Å²) < 4.78 is 15.5. The summed E-state index contributed by atoms with van der Waals surface area (Å²) in [5, 5.41) is 3.07. The number of halogens is 1. The van der Waals surface area contributed by atoms with Crippen LogP contribution >= 0.6 is 11.6 Å².